The van der Waals surface area contributed by atoms with Gasteiger partial charge in [-0.3, -0.25) is 4.99 Å². The fraction of sp³-hybridized carbons (Fsp3) is 0.800. The lowest BCUT2D eigenvalue weighted by Crippen LogP contribution is -2.40. The number of allylic oxidation sites excluding steroid dienone is 1. The van der Waals surface area contributed by atoms with E-state index < -0.39 is 0 Å². The zero-order valence-corrected chi connectivity index (χ0v) is 12.1. The van der Waals surface area contributed by atoms with Crippen LogP contribution in [-0.4, -0.2) is 48.2 Å². The zero-order valence-electron chi connectivity index (χ0n) is 12.1. The molecule has 0 amide bonds. The van der Waals surface area contributed by atoms with Crippen LogP contribution >= 0.6 is 0 Å². The first-order valence-electron chi connectivity index (χ1n) is 7.69. The van der Waals surface area contributed by atoms with Crippen LogP contribution < -0.4 is 5.32 Å². The number of aliphatic hydroxyl groups is 1. The molecule has 2 rings (SSSR count). The molecule has 0 aromatic heterocycles. The highest BCUT2D eigenvalue weighted by Gasteiger charge is 2.22. The summed E-state index contributed by atoms with van der Waals surface area (Å²) < 4.78 is 0. The topological polar surface area (TPSA) is 47.9 Å². The highest BCUT2D eigenvalue weighted by molar-refractivity contribution is 5.80. The smallest absolute Gasteiger partial charge is 0.194 e. The van der Waals surface area contributed by atoms with Crippen LogP contribution in [0.3, 0.4) is 0 Å². The molecule has 2 N–H and O–H groups in total. The van der Waals surface area contributed by atoms with Gasteiger partial charge in [0.25, 0.3) is 0 Å². The molecule has 0 radical (unpaired) electrons. The molecule has 0 unspecified atom stereocenters. The zero-order chi connectivity index (χ0) is 13.5. The second-order valence-electron chi connectivity index (χ2n) is 5.48. The molecule has 1 heterocycles. The summed E-state index contributed by atoms with van der Waals surface area (Å²) in [6, 6.07) is 0. The Morgan fingerprint density at radius 2 is 2.42 bits per heavy atom. The van der Waals surface area contributed by atoms with Gasteiger partial charge in [0, 0.05) is 26.2 Å². The summed E-state index contributed by atoms with van der Waals surface area (Å²) in [5, 5.41) is 12.9. The van der Waals surface area contributed by atoms with E-state index in [1.165, 1.54) is 25.7 Å². The van der Waals surface area contributed by atoms with Crippen molar-refractivity contribution in [3.63, 3.8) is 0 Å². The number of aliphatic imine (C=N–C) groups is 1. The van der Waals surface area contributed by atoms with E-state index in [2.05, 4.69) is 23.2 Å². The van der Waals surface area contributed by atoms with Gasteiger partial charge in [0.1, 0.15) is 0 Å². The van der Waals surface area contributed by atoms with Gasteiger partial charge in [0.2, 0.25) is 0 Å². The quantitative estimate of drug-likeness (QED) is 0.464. The highest BCUT2D eigenvalue weighted by Crippen LogP contribution is 2.20. The molecule has 1 saturated heterocycles. The van der Waals surface area contributed by atoms with Crippen LogP contribution in [0, 0.1) is 0 Å². The number of guanidine groups is 1. The van der Waals surface area contributed by atoms with Gasteiger partial charge in [-0.2, -0.15) is 0 Å². The number of aliphatic hydroxyl groups excluding tert-OH is 1. The molecule has 0 bridgehead atoms. The molecule has 0 aromatic carbocycles. The molecule has 0 spiro atoms. The maximum absolute atomic E-state index is 9.61. The van der Waals surface area contributed by atoms with Crippen molar-refractivity contribution in [1.29, 1.82) is 0 Å². The molecule has 0 saturated carbocycles. The van der Waals surface area contributed by atoms with Crippen LogP contribution in [0.5, 0.6) is 0 Å². The summed E-state index contributed by atoms with van der Waals surface area (Å²) in [5.41, 5.74) is 1.58. The molecular weight excluding hydrogens is 238 g/mol. The lowest BCUT2D eigenvalue weighted by molar-refractivity contribution is 0.188. The van der Waals surface area contributed by atoms with Crippen molar-refractivity contribution in [1.82, 2.24) is 10.2 Å². The maximum atomic E-state index is 9.61. The summed E-state index contributed by atoms with van der Waals surface area (Å²) in [4.78, 5) is 6.87. The Morgan fingerprint density at radius 3 is 3.05 bits per heavy atom. The summed E-state index contributed by atoms with van der Waals surface area (Å²) in [5.74, 6) is 0.968. The number of β-amino-alcohol motifs (C(OH)–C–C–N with tert-alkyl or cyclic N) is 1. The Balaban J connectivity index is 1.83. The van der Waals surface area contributed by atoms with E-state index in [0.717, 1.165) is 38.4 Å². The number of nitrogens with zero attached hydrogens (tertiary/aromatic N) is 2. The molecule has 19 heavy (non-hydrogen) atoms. The fourth-order valence-corrected chi connectivity index (χ4v) is 2.80. The minimum Gasteiger partial charge on any atom is -0.391 e. The van der Waals surface area contributed by atoms with Gasteiger partial charge in [-0.15, -0.1) is 0 Å². The number of hydrogen-bond acceptors (Lipinski definition) is 2. The third-order valence-corrected chi connectivity index (χ3v) is 3.88. The van der Waals surface area contributed by atoms with Gasteiger partial charge in [0.15, 0.2) is 5.96 Å². The Kier molecular flexibility index (Phi) is 5.70. The Labute approximate surface area is 116 Å². The molecule has 4 heteroatoms. The maximum Gasteiger partial charge on any atom is 0.194 e. The Morgan fingerprint density at radius 1 is 1.53 bits per heavy atom. The SMILES string of the molecule is CCNC(=NCCC1=CCCCC1)N1CC[C@@H](O)C1. The number of likely N-dealkylation sites (tertiary alicyclic amines) is 1. The van der Waals surface area contributed by atoms with Crippen molar-refractivity contribution < 1.29 is 5.11 Å². The number of nitrogens with one attached hydrogen (secondary N) is 1. The Bertz CT molecular complexity index is 338. The Hall–Kier alpha value is -1.03. The molecule has 4 nitrogen and oxygen atoms in total. The first-order valence-corrected chi connectivity index (χ1v) is 7.69. The van der Waals surface area contributed by atoms with Crippen LogP contribution in [0.1, 0.15) is 45.4 Å². The first-order chi connectivity index (χ1) is 9.29. The average molecular weight is 265 g/mol. The van der Waals surface area contributed by atoms with Gasteiger partial charge >= 0.3 is 0 Å². The molecule has 1 atom stereocenters. The molecule has 108 valence electrons. The van der Waals surface area contributed by atoms with Gasteiger partial charge in [0.05, 0.1) is 6.10 Å². The third kappa shape index (κ3) is 4.53. The van der Waals surface area contributed by atoms with E-state index in [4.69, 9.17) is 4.99 Å². The van der Waals surface area contributed by atoms with Crippen LogP contribution in [0.15, 0.2) is 16.6 Å². The molecule has 0 aromatic rings. The van der Waals surface area contributed by atoms with Crippen LogP contribution in [0.25, 0.3) is 0 Å². The monoisotopic (exact) mass is 265 g/mol. The van der Waals surface area contributed by atoms with Crippen molar-refractivity contribution in [2.45, 2.75) is 51.6 Å². The van der Waals surface area contributed by atoms with Crippen molar-refractivity contribution in [3.05, 3.63) is 11.6 Å². The van der Waals surface area contributed by atoms with Gasteiger partial charge < -0.3 is 15.3 Å². The van der Waals surface area contributed by atoms with E-state index >= 15 is 0 Å². The molecular formula is C15H27N3O. The van der Waals surface area contributed by atoms with Crippen LogP contribution in [0.4, 0.5) is 0 Å². The summed E-state index contributed by atoms with van der Waals surface area (Å²) in [7, 11) is 0. The average Bonchev–Trinajstić information content (AvgIpc) is 2.86. The van der Waals surface area contributed by atoms with Gasteiger partial charge in [-0.1, -0.05) is 11.6 Å². The van der Waals surface area contributed by atoms with Gasteiger partial charge in [-0.25, -0.2) is 0 Å². The van der Waals surface area contributed by atoms with E-state index in [1.54, 1.807) is 5.57 Å². The van der Waals surface area contributed by atoms with Crippen molar-refractivity contribution in [3.8, 4) is 0 Å². The fourth-order valence-electron chi connectivity index (χ4n) is 2.80. The molecule has 1 aliphatic carbocycles. The van der Waals surface area contributed by atoms with E-state index in [0.29, 0.717) is 6.54 Å². The summed E-state index contributed by atoms with van der Waals surface area (Å²) in [6.45, 7) is 5.46. The highest BCUT2D eigenvalue weighted by atomic mass is 16.3. The van der Waals surface area contributed by atoms with E-state index in [-0.39, 0.29) is 6.10 Å². The van der Waals surface area contributed by atoms with Crippen molar-refractivity contribution in [2.75, 3.05) is 26.2 Å². The minimum absolute atomic E-state index is 0.190. The van der Waals surface area contributed by atoms with E-state index in [1.807, 2.05) is 0 Å². The van der Waals surface area contributed by atoms with Gasteiger partial charge in [-0.05, 0) is 45.4 Å². The molecule has 2 aliphatic rings. The standard InChI is InChI=1S/C15H27N3O/c1-2-16-15(18-11-9-14(19)12-18)17-10-8-13-6-4-3-5-7-13/h6,14,19H,2-5,7-12H2,1H3,(H,16,17)/t14-/m1/s1. The number of hydrogen-bond donors (Lipinski definition) is 2. The summed E-state index contributed by atoms with van der Waals surface area (Å²) in [6.07, 6.45) is 9.35. The van der Waals surface area contributed by atoms with Crippen molar-refractivity contribution in [2.24, 2.45) is 4.99 Å². The normalized spacial score (nSPS) is 24.5. The summed E-state index contributed by atoms with van der Waals surface area (Å²) >= 11 is 0. The van der Waals surface area contributed by atoms with Crippen molar-refractivity contribution >= 4 is 5.96 Å². The predicted octanol–water partition coefficient (Wildman–Crippen LogP) is 1.91. The minimum atomic E-state index is -0.190. The predicted molar refractivity (Wildman–Crippen MR) is 79.3 cm³/mol. The van der Waals surface area contributed by atoms with Crippen LogP contribution in [0.2, 0.25) is 0 Å². The second kappa shape index (κ2) is 7.53. The molecule has 1 fully saturated rings. The largest absolute Gasteiger partial charge is 0.391 e. The lowest BCUT2D eigenvalue weighted by Gasteiger charge is -2.21. The second-order valence-corrected chi connectivity index (χ2v) is 5.48. The third-order valence-electron chi connectivity index (χ3n) is 3.88. The lowest BCUT2D eigenvalue weighted by atomic mass is 9.97. The number of rotatable bonds is 4. The first kappa shape index (κ1) is 14.4. The van der Waals surface area contributed by atoms with E-state index in [9.17, 15) is 5.11 Å². The molecule has 1 aliphatic heterocycles. The van der Waals surface area contributed by atoms with Crippen LogP contribution in [-0.2, 0) is 0 Å².